The van der Waals surface area contributed by atoms with Crippen LogP contribution in [0, 0.1) is 6.92 Å². The zero-order chi connectivity index (χ0) is 20.7. The summed E-state index contributed by atoms with van der Waals surface area (Å²) < 4.78 is 8.61. The van der Waals surface area contributed by atoms with Gasteiger partial charge in [0.05, 0.1) is 17.6 Å². The highest BCUT2D eigenvalue weighted by Crippen LogP contribution is 2.38. The summed E-state index contributed by atoms with van der Waals surface area (Å²) in [6.07, 6.45) is 4.89. The van der Waals surface area contributed by atoms with Crippen LogP contribution in [-0.2, 0) is 7.05 Å². The Labute approximate surface area is 177 Å². The molecule has 156 valence electrons. The van der Waals surface area contributed by atoms with Gasteiger partial charge in [-0.2, -0.15) is 0 Å². The van der Waals surface area contributed by atoms with Crippen molar-refractivity contribution < 1.29 is 4.74 Å². The molecule has 0 amide bonds. The summed E-state index contributed by atoms with van der Waals surface area (Å²) in [5.41, 5.74) is 3.75. The molecule has 5 rings (SSSR count). The number of fused-ring (bicyclic) bond motifs is 4. The molecule has 2 aromatic carbocycles. The fraction of sp³-hybridized carbons (Fsp3) is 0.400. The van der Waals surface area contributed by atoms with Crippen molar-refractivity contribution in [3.63, 3.8) is 0 Å². The molecule has 0 unspecified atom stereocenters. The van der Waals surface area contributed by atoms with Gasteiger partial charge in [0.1, 0.15) is 5.75 Å². The van der Waals surface area contributed by atoms with Crippen molar-refractivity contribution in [2.75, 3.05) is 46.4 Å². The molecule has 3 heterocycles. The number of hydrogen-bond acceptors (Lipinski definition) is 4. The van der Waals surface area contributed by atoms with E-state index in [2.05, 4.69) is 70.7 Å². The molecule has 0 N–H and O–H groups in total. The van der Waals surface area contributed by atoms with Gasteiger partial charge >= 0.3 is 0 Å². The van der Waals surface area contributed by atoms with Gasteiger partial charge in [-0.1, -0.05) is 12.1 Å². The van der Waals surface area contributed by atoms with Crippen LogP contribution in [0.2, 0.25) is 0 Å². The van der Waals surface area contributed by atoms with Crippen molar-refractivity contribution in [3.05, 3.63) is 48.3 Å². The van der Waals surface area contributed by atoms with Crippen LogP contribution in [0.4, 0.5) is 0 Å². The van der Waals surface area contributed by atoms with Crippen LogP contribution < -0.4 is 4.74 Å². The van der Waals surface area contributed by atoms with Crippen LogP contribution in [0.3, 0.4) is 0 Å². The molecule has 0 aliphatic carbocycles. The topological polar surface area (TPSA) is 33.5 Å². The Morgan fingerprint density at radius 3 is 2.63 bits per heavy atom. The van der Waals surface area contributed by atoms with Gasteiger partial charge < -0.3 is 19.1 Å². The SMILES string of the molecule is Cc1c2ccncc2cc2c3cccc(OCCCN4CCN(C)CC4)c3n(C)c12. The van der Waals surface area contributed by atoms with Crippen molar-refractivity contribution in [1.29, 1.82) is 0 Å². The summed E-state index contributed by atoms with van der Waals surface area (Å²) in [6, 6.07) is 10.8. The van der Waals surface area contributed by atoms with Crippen molar-refractivity contribution in [2.24, 2.45) is 7.05 Å². The maximum absolute atomic E-state index is 6.31. The van der Waals surface area contributed by atoms with E-state index in [1.165, 1.54) is 51.2 Å². The van der Waals surface area contributed by atoms with Gasteiger partial charge in [0, 0.05) is 68.3 Å². The second-order valence-corrected chi connectivity index (χ2v) is 8.55. The lowest BCUT2D eigenvalue weighted by molar-refractivity contribution is 0.145. The van der Waals surface area contributed by atoms with Gasteiger partial charge in [0.15, 0.2) is 0 Å². The zero-order valence-electron chi connectivity index (χ0n) is 18.2. The molecule has 2 aromatic heterocycles. The normalized spacial score (nSPS) is 16.1. The molecule has 0 saturated carbocycles. The fourth-order valence-electron chi connectivity index (χ4n) is 4.91. The largest absolute Gasteiger partial charge is 0.491 e. The third-order valence-corrected chi connectivity index (χ3v) is 6.60. The van der Waals surface area contributed by atoms with E-state index in [-0.39, 0.29) is 0 Å². The molecular formula is C25H30N4O. The predicted molar refractivity (Wildman–Crippen MR) is 125 cm³/mol. The summed E-state index contributed by atoms with van der Waals surface area (Å²) in [5.74, 6) is 0.978. The number of para-hydroxylation sites is 1. The maximum Gasteiger partial charge on any atom is 0.143 e. The quantitative estimate of drug-likeness (QED) is 0.469. The van der Waals surface area contributed by atoms with Crippen LogP contribution in [0.15, 0.2) is 42.7 Å². The fourth-order valence-corrected chi connectivity index (χ4v) is 4.91. The first-order valence-corrected chi connectivity index (χ1v) is 10.9. The standard InChI is InChI=1S/C25H30N4O/c1-18-20-8-9-26-17-19(20)16-22-21-6-4-7-23(25(21)28(3)24(18)22)30-15-5-10-29-13-11-27(2)12-14-29/h4,6-9,16-17H,5,10-15H2,1-3H3. The number of likely N-dealkylation sites (N-methyl/N-ethyl adjacent to an activating group) is 1. The van der Waals surface area contributed by atoms with E-state index in [1.54, 1.807) is 0 Å². The monoisotopic (exact) mass is 402 g/mol. The second-order valence-electron chi connectivity index (χ2n) is 8.55. The summed E-state index contributed by atoms with van der Waals surface area (Å²) in [7, 11) is 4.36. The van der Waals surface area contributed by atoms with E-state index < -0.39 is 0 Å². The molecule has 0 bridgehead atoms. The number of ether oxygens (including phenoxy) is 1. The number of benzene rings is 2. The van der Waals surface area contributed by atoms with Crippen molar-refractivity contribution in [3.8, 4) is 5.75 Å². The van der Waals surface area contributed by atoms with E-state index in [4.69, 9.17) is 4.74 Å². The highest BCUT2D eigenvalue weighted by atomic mass is 16.5. The van der Waals surface area contributed by atoms with Gasteiger partial charge in [-0.15, -0.1) is 0 Å². The first kappa shape index (κ1) is 19.3. The maximum atomic E-state index is 6.31. The van der Waals surface area contributed by atoms with E-state index in [1.807, 2.05) is 12.4 Å². The molecule has 1 fully saturated rings. The highest BCUT2D eigenvalue weighted by molar-refractivity contribution is 6.15. The number of nitrogens with zero attached hydrogens (tertiary/aromatic N) is 4. The average molecular weight is 403 g/mol. The third kappa shape index (κ3) is 3.32. The van der Waals surface area contributed by atoms with E-state index in [0.717, 1.165) is 38.4 Å². The molecule has 1 aliphatic heterocycles. The van der Waals surface area contributed by atoms with E-state index >= 15 is 0 Å². The molecule has 4 aromatic rings. The van der Waals surface area contributed by atoms with Gasteiger partial charge in [-0.3, -0.25) is 4.98 Å². The summed E-state index contributed by atoms with van der Waals surface area (Å²) in [5, 5.41) is 4.97. The lowest BCUT2D eigenvalue weighted by Crippen LogP contribution is -2.44. The molecule has 0 radical (unpaired) electrons. The zero-order valence-corrected chi connectivity index (χ0v) is 18.2. The van der Waals surface area contributed by atoms with Crippen LogP contribution in [0.5, 0.6) is 5.75 Å². The Bertz CT molecular complexity index is 1200. The smallest absolute Gasteiger partial charge is 0.143 e. The molecule has 30 heavy (non-hydrogen) atoms. The molecule has 0 spiro atoms. The van der Waals surface area contributed by atoms with E-state index in [9.17, 15) is 0 Å². The second kappa shape index (κ2) is 7.89. The van der Waals surface area contributed by atoms with E-state index in [0.29, 0.717) is 0 Å². The summed E-state index contributed by atoms with van der Waals surface area (Å²) >= 11 is 0. The number of pyridine rings is 1. The van der Waals surface area contributed by atoms with Gasteiger partial charge in [0.25, 0.3) is 0 Å². The first-order valence-electron chi connectivity index (χ1n) is 10.9. The molecule has 5 nitrogen and oxygen atoms in total. The van der Waals surface area contributed by atoms with Crippen LogP contribution >= 0.6 is 0 Å². The summed E-state index contributed by atoms with van der Waals surface area (Å²) in [4.78, 5) is 9.26. The number of rotatable bonds is 5. The number of aryl methyl sites for hydroxylation is 2. The minimum atomic E-state index is 0.748. The van der Waals surface area contributed by atoms with Crippen molar-refractivity contribution in [2.45, 2.75) is 13.3 Å². The predicted octanol–water partition coefficient (Wildman–Crippen LogP) is 4.20. The highest BCUT2D eigenvalue weighted by Gasteiger charge is 2.17. The molecule has 0 atom stereocenters. The lowest BCUT2D eigenvalue weighted by atomic mass is 10.0. The minimum absolute atomic E-state index is 0.748. The third-order valence-electron chi connectivity index (χ3n) is 6.60. The first-order chi connectivity index (χ1) is 14.6. The summed E-state index contributed by atoms with van der Waals surface area (Å²) in [6.45, 7) is 8.72. The Hall–Kier alpha value is -2.63. The molecular weight excluding hydrogens is 372 g/mol. The molecule has 5 heteroatoms. The molecule has 1 aliphatic rings. The van der Waals surface area contributed by atoms with Gasteiger partial charge in [0.2, 0.25) is 0 Å². The Morgan fingerprint density at radius 1 is 0.967 bits per heavy atom. The average Bonchev–Trinajstić information content (AvgIpc) is 3.05. The lowest BCUT2D eigenvalue weighted by Gasteiger charge is -2.32. The Kier molecular flexibility index (Phi) is 5.09. The minimum Gasteiger partial charge on any atom is -0.491 e. The molecule has 1 saturated heterocycles. The van der Waals surface area contributed by atoms with Crippen molar-refractivity contribution >= 4 is 32.6 Å². The van der Waals surface area contributed by atoms with Crippen LogP contribution in [-0.4, -0.2) is 65.7 Å². The van der Waals surface area contributed by atoms with Crippen molar-refractivity contribution in [1.82, 2.24) is 19.4 Å². The van der Waals surface area contributed by atoms with Gasteiger partial charge in [-0.25, -0.2) is 0 Å². The van der Waals surface area contributed by atoms with Gasteiger partial charge in [-0.05, 0) is 49.5 Å². The van der Waals surface area contributed by atoms with Crippen LogP contribution in [0.25, 0.3) is 32.6 Å². The number of hydrogen-bond donors (Lipinski definition) is 0. The number of piperazine rings is 1. The number of aromatic nitrogens is 2. The van der Waals surface area contributed by atoms with Crippen LogP contribution in [0.1, 0.15) is 12.0 Å². The Morgan fingerprint density at radius 2 is 1.80 bits per heavy atom. The Balaban J connectivity index is 1.43.